The van der Waals surface area contributed by atoms with Gasteiger partial charge in [0.2, 0.25) is 5.95 Å². The molecule has 2 aromatic rings. The summed E-state index contributed by atoms with van der Waals surface area (Å²) in [6, 6.07) is 10.1. The van der Waals surface area contributed by atoms with Crippen LogP contribution in [0.1, 0.15) is 37.9 Å². The first-order valence-corrected chi connectivity index (χ1v) is 9.66. The molecule has 1 aromatic carbocycles. The molecule has 0 amide bonds. The highest BCUT2D eigenvalue weighted by molar-refractivity contribution is 6.17. The third-order valence-electron chi connectivity index (χ3n) is 4.84. The Bertz CT molecular complexity index is 769. The van der Waals surface area contributed by atoms with E-state index in [9.17, 15) is 4.79 Å². The number of rotatable bonds is 7. The minimum Gasteiger partial charge on any atom is -0.349 e. The molecule has 3 atom stereocenters. The normalized spacial score (nSPS) is 20.7. The fourth-order valence-electron chi connectivity index (χ4n) is 3.20. The minimum atomic E-state index is -0.610. The van der Waals surface area contributed by atoms with E-state index in [1.807, 2.05) is 35.2 Å². The number of alkyl halides is 1. The van der Waals surface area contributed by atoms with Crippen molar-refractivity contribution in [1.29, 1.82) is 0 Å². The second-order valence-electron chi connectivity index (χ2n) is 7.06. The van der Waals surface area contributed by atoms with Crippen molar-refractivity contribution in [1.82, 2.24) is 9.97 Å². The predicted octanol–water partition coefficient (Wildman–Crippen LogP) is 3.77. The first-order valence-electron chi connectivity index (χ1n) is 9.13. The van der Waals surface area contributed by atoms with E-state index in [1.54, 1.807) is 6.20 Å². The molecule has 7 heteroatoms. The van der Waals surface area contributed by atoms with Gasteiger partial charge in [-0.3, -0.25) is 4.79 Å². The minimum absolute atomic E-state index is 0.0298. The Balaban J connectivity index is 1.79. The Hall–Kier alpha value is -2.18. The molecule has 0 spiro atoms. The number of aromatic nitrogens is 2. The maximum Gasteiger partial charge on any atom is 0.225 e. The predicted molar refractivity (Wildman–Crippen MR) is 107 cm³/mol. The number of nitrogens with one attached hydrogen (secondary N) is 1. The van der Waals surface area contributed by atoms with Crippen LogP contribution in [0.5, 0.6) is 0 Å². The highest BCUT2D eigenvalue weighted by Crippen LogP contribution is 2.28. The lowest BCUT2D eigenvalue weighted by Gasteiger charge is -2.29. The summed E-state index contributed by atoms with van der Waals surface area (Å²) in [5, 5.41) is 3.33. The van der Waals surface area contributed by atoms with E-state index in [4.69, 9.17) is 16.3 Å². The van der Waals surface area contributed by atoms with Gasteiger partial charge in [-0.05, 0) is 30.0 Å². The van der Waals surface area contributed by atoms with E-state index in [-0.39, 0.29) is 12.1 Å². The highest BCUT2D eigenvalue weighted by atomic mass is 35.5. The Morgan fingerprint density at radius 1 is 1.30 bits per heavy atom. The molecular formula is C20H25ClN4O2. The van der Waals surface area contributed by atoms with Gasteiger partial charge < -0.3 is 15.0 Å². The molecule has 0 saturated carbocycles. The average molecular weight is 389 g/mol. The topological polar surface area (TPSA) is 67.3 Å². The van der Waals surface area contributed by atoms with Gasteiger partial charge in [0.05, 0.1) is 18.7 Å². The molecule has 6 nitrogen and oxygen atoms in total. The third kappa shape index (κ3) is 4.39. The molecule has 0 bridgehead atoms. The monoisotopic (exact) mass is 388 g/mol. The molecule has 27 heavy (non-hydrogen) atoms. The molecule has 1 aliphatic rings. The Kier molecular flexibility index (Phi) is 6.29. The van der Waals surface area contributed by atoms with Crippen LogP contribution < -0.4 is 10.2 Å². The number of halogens is 1. The maximum absolute atomic E-state index is 11.4. The summed E-state index contributed by atoms with van der Waals surface area (Å²) in [5.74, 6) is 2.03. The number of carbonyl (C=O) groups is 1. The van der Waals surface area contributed by atoms with Crippen molar-refractivity contribution in [3.8, 4) is 0 Å². The molecule has 0 aliphatic carbocycles. The van der Waals surface area contributed by atoms with Gasteiger partial charge in [0, 0.05) is 12.1 Å². The van der Waals surface area contributed by atoms with E-state index in [2.05, 4.69) is 36.1 Å². The fourth-order valence-corrected chi connectivity index (χ4v) is 3.38. The zero-order valence-electron chi connectivity index (χ0n) is 15.8. The lowest BCUT2D eigenvalue weighted by molar-refractivity contribution is -0.115. The van der Waals surface area contributed by atoms with Gasteiger partial charge in [-0.2, -0.15) is 4.98 Å². The number of hydrogen-bond donors (Lipinski definition) is 1. The smallest absolute Gasteiger partial charge is 0.225 e. The lowest BCUT2D eigenvalue weighted by atomic mass is 10.0. The van der Waals surface area contributed by atoms with Crippen molar-refractivity contribution >= 4 is 29.7 Å². The molecule has 144 valence electrons. The van der Waals surface area contributed by atoms with Gasteiger partial charge >= 0.3 is 0 Å². The van der Waals surface area contributed by atoms with Crippen molar-refractivity contribution in [2.75, 3.05) is 16.8 Å². The second kappa shape index (κ2) is 8.67. The van der Waals surface area contributed by atoms with Crippen LogP contribution in [0.4, 0.5) is 11.8 Å². The van der Waals surface area contributed by atoms with Crippen molar-refractivity contribution in [3.05, 3.63) is 47.7 Å². The number of hydrogen-bond acceptors (Lipinski definition) is 6. The maximum atomic E-state index is 11.4. The molecule has 1 saturated heterocycles. The van der Waals surface area contributed by atoms with Crippen LogP contribution in [0.25, 0.3) is 0 Å². The molecular weight excluding hydrogens is 364 g/mol. The summed E-state index contributed by atoms with van der Waals surface area (Å²) in [7, 11) is 0. The van der Waals surface area contributed by atoms with Crippen molar-refractivity contribution in [2.24, 2.45) is 5.92 Å². The number of anilines is 2. The Labute approximate surface area is 164 Å². The Morgan fingerprint density at radius 3 is 2.67 bits per heavy atom. The third-order valence-corrected chi connectivity index (χ3v) is 5.15. The number of aldehydes is 1. The molecule has 1 aliphatic heterocycles. The number of carbonyl (C=O) groups excluding carboxylic acids is 1. The summed E-state index contributed by atoms with van der Waals surface area (Å²) in [5.41, 5.74) is 2.20. The molecule has 1 unspecified atom stereocenters. The van der Waals surface area contributed by atoms with Crippen LogP contribution in [0.2, 0.25) is 0 Å². The molecule has 1 N–H and O–H groups in total. The number of nitrogens with zero attached hydrogens (tertiary/aromatic N) is 3. The molecule has 0 radical (unpaired) electrons. The lowest BCUT2D eigenvalue weighted by Crippen LogP contribution is -2.41. The van der Waals surface area contributed by atoms with Crippen molar-refractivity contribution < 1.29 is 9.53 Å². The highest BCUT2D eigenvalue weighted by Gasteiger charge is 2.37. The van der Waals surface area contributed by atoms with Crippen molar-refractivity contribution in [3.63, 3.8) is 0 Å². The van der Waals surface area contributed by atoms with Gasteiger partial charge in [0.1, 0.15) is 5.82 Å². The summed E-state index contributed by atoms with van der Waals surface area (Å²) >= 11 is 5.85. The average Bonchev–Trinajstić information content (AvgIpc) is 3.12. The Morgan fingerprint density at radius 2 is 2.04 bits per heavy atom. The summed E-state index contributed by atoms with van der Waals surface area (Å²) < 4.78 is 5.62. The van der Waals surface area contributed by atoms with Crippen LogP contribution in [0, 0.1) is 5.92 Å². The van der Waals surface area contributed by atoms with E-state index in [1.165, 1.54) is 0 Å². The second-order valence-corrected chi connectivity index (χ2v) is 7.33. The van der Waals surface area contributed by atoms with Crippen LogP contribution in [-0.4, -0.2) is 35.1 Å². The van der Waals surface area contributed by atoms with Gasteiger partial charge in [-0.25, -0.2) is 4.98 Å². The van der Waals surface area contributed by atoms with E-state index in [0.717, 1.165) is 17.4 Å². The first kappa shape index (κ1) is 19.6. The molecule has 1 fully saturated rings. The summed E-state index contributed by atoms with van der Waals surface area (Å²) in [6.07, 6.45) is 1.91. The largest absolute Gasteiger partial charge is 0.349 e. The zero-order chi connectivity index (χ0) is 19.4. The van der Waals surface area contributed by atoms with Gasteiger partial charge in [0.15, 0.2) is 12.5 Å². The van der Waals surface area contributed by atoms with Gasteiger partial charge in [-0.1, -0.05) is 38.1 Å². The van der Waals surface area contributed by atoms with Gasteiger partial charge in [-0.15, -0.1) is 11.6 Å². The van der Waals surface area contributed by atoms with Crippen LogP contribution >= 0.6 is 11.6 Å². The van der Waals surface area contributed by atoms with Crippen LogP contribution in [0.3, 0.4) is 0 Å². The van der Waals surface area contributed by atoms with Gasteiger partial charge in [0.25, 0.3) is 0 Å². The molecule has 2 heterocycles. The van der Waals surface area contributed by atoms with Crippen LogP contribution in [-0.2, 0) is 15.4 Å². The van der Waals surface area contributed by atoms with E-state index in [0.29, 0.717) is 30.2 Å². The molecule has 1 aromatic heterocycles. The number of benzene rings is 1. The molecule has 3 rings (SSSR count). The zero-order valence-corrected chi connectivity index (χ0v) is 16.6. The summed E-state index contributed by atoms with van der Waals surface area (Å²) in [4.78, 5) is 22.3. The van der Waals surface area contributed by atoms with Crippen LogP contribution in [0.15, 0.2) is 36.5 Å². The fraction of sp³-hybridized carbons (Fsp3) is 0.450. The van der Waals surface area contributed by atoms with E-state index >= 15 is 0 Å². The van der Waals surface area contributed by atoms with Crippen molar-refractivity contribution in [2.45, 2.75) is 45.0 Å². The number of ether oxygens (including phenoxy) is 1. The van der Waals surface area contributed by atoms with E-state index < -0.39 is 6.23 Å². The standard InChI is InChI=1S/C20H25ClN4O2/c1-13(2)17-12-27-19(11-26)25(17)18-8-9-22-20(24-18)23-14(3)16-6-4-15(10-21)5-7-16/h4-9,11,13-14,17,19H,10,12H2,1-3H3,(H,22,23,24)/t14-,17+,19?/m0/s1. The summed E-state index contributed by atoms with van der Waals surface area (Å²) in [6.45, 7) is 6.79. The first-order chi connectivity index (χ1) is 13.0. The quantitative estimate of drug-likeness (QED) is 0.575. The SMILES string of the molecule is CC(C)[C@H]1COC(C=O)N1c1ccnc(N[C@@H](C)c2ccc(CCl)cc2)n1.